The highest BCUT2D eigenvalue weighted by Crippen LogP contribution is 2.30. The number of hydrogen-bond acceptors (Lipinski definition) is 11. The minimum absolute atomic E-state index is 0.00718. The number of anilines is 1. The Balaban J connectivity index is 1.16. The van der Waals surface area contributed by atoms with Crippen LogP contribution in [0.3, 0.4) is 0 Å². The Morgan fingerprint density at radius 3 is 2.08 bits per heavy atom. The van der Waals surface area contributed by atoms with Crippen LogP contribution in [0.15, 0.2) is 90.2 Å². The molecule has 0 saturated carbocycles. The van der Waals surface area contributed by atoms with Crippen LogP contribution in [-0.2, 0) is 38.1 Å². The Morgan fingerprint density at radius 2 is 1.39 bits per heavy atom. The molecule has 0 aliphatic heterocycles. The summed E-state index contributed by atoms with van der Waals surface area (Å²) in [6, 6.07) is 25.4. The molecule has 0 saturated heterocycles. The first-order valence-electron chi connectivity index (χ1n) is 19.9. The van der Waals surface area contributed by atoms with E-state index in [4.69, 9.17) is 29.2 Å². The summed E-state index contributed by atoms with van der Waals surface area (Å²) in [5.41, 5.74) is 12.2. The molecule has 4 aromatic rings. The van der Waals surface area contributed by atoms with E-state index in [1.807, 2.05) is 61.5 Å². The molecule has 0 unspecified atom stereocenters. The molecule has 1 atom stereocenters. The van der Waals surface area contributed by atoms with Crippen LogP contribution >= 0.6 is 0 Å². The third-order valence-electron chi connectivity index (χ3n) is 8.84. The lowest BCUT2D eigenvalue weighted by atomic mass is 9.95. The van der Waals surface area contributed by atoms with E-state index in [-0.39, 0.29) is 44.4 Å². The number of carbonyl (C=O) groups is 3. The van der Waals surface area contributed by atoms with Crippen molar-refractivity contribution in [1.82, 2.24) is 20.9 Å². The highest BCUT2D eigenvalue weighted by Gasteiger charge is 2.19. The van der Waals surface area contributed by atoms with Gasteiger partial charge in [-0.1, -0.05) is 71.8 Å². The van der Waals surface area contributed by atoms with E-state index in [2.05, 4.69) is 60.5 Å². The minimum atomic E-state index is -0.634. The van der Waals surface area contributed by atoms with Gasteiger partial charge in [-0.3, -0.25) is 14.4 Å². The van der Waals surface area contributed by atoms with Crippen molar-refractivity contribution in [1.29, 1.82) is 0 Å². The van der Waals surface area contributed by atoms with Crippen LogP contribution in [0.4, 0.5) is 5.82 Å². The molecule has 59 heavy (non-hydrogen) atoms. The van der Waals surface area contributed by atoms with E-state index in [0.717, 1.165) is 38.8 Å². The minimum Gasteiger partial charge on any atom is -0.379 e. The molecule has 316 valence electrons. The van der Waals surface area contributed by atoms with Crippen LogP contribution in [0.5, 0.6) is 0 Å². The molecule has 4 N–H and O–H groups in total. The Hall–Kier alpha value is -5.61. The fourth-order valence-electron chi connectivity index (χ4n) is 5.89. The zero-order chi connectivity index (χ0) is 41.8. The van der Waals surface area contributed by atoms with Crippen molar-refractivity contribution in [3.63, 3.8) is 0 Å². The maximum absolute atomic E-state index is 13.1. The van der Waals surface area contributed by atoms with Crippen molar-refractivity contribution in [2.45, 2.75) is 32.2 Å². The zero-order valence-corrected chi connectivity index (χ0v) is 33.7. The molecule has 1 aromatic heterocycles. The second kappa shape index (κ2) is 27.9. The molecule has 16 heteroatoms. The van der Waals surface area contributed by atoms with E-state index in [1.165, 1.54) is 0 Å². The Kier molecular flexibility index (Phi) is 21.8. The molecule has 3 aromatic carbocycles. The first-order chi connectivity index (χ1) is 28.9. The first-order valence-corrected chi connectivity index (χ1v) is 19.9. The highest BCUT2D eigenvalue weighted by molar-refractivity contribution is 5.96. The van der Waals surface area contributed by atoms with Crippen LogP contribution in [0.2, 0.25) is 0 Å². The maximum Gasteiger partial charge on any atom is 0.239 e. The number of aryl methyl sites for hydroxylation is 1. The van der Waals surface area contributed by atoms with Crippen molar-refractivity contribution >= 4 is 34.3 Å². The van der Waals surface area contributed by atoms with Gasteiger partial charge in [0, 0.05) is 37.2 Å². The van der Waals surface area contributed by atoms with Gasteiger partial charge in [0.1, 0.15) is 5.82 Å². The average molecular weight is 813 g/mol. The highest BCUT2D eigenvalue weighted by atomic mass is 16.6. The quantitative estimate of drug-likeness (QED) is 0.0232. The number of fused-ring (bicyclic) bond motifs is 1. The second-order valence-electron chi connectivity index (χ2n) is 13.4. The van der Waals surface area contributed by atoms with Gasteiger partial charge in [0.25, 0.3) is 0 Å². The Morgan fingerprint density at radius 1 is 0.729 bits per heavy atom. The number of rotatable bonds is 30. The smallest absolute Gasteiger partial charge is 0.239 e. The molecule has 0 fully saturated rings. The number of hydrogen-bond donors (Lipinski definition) is 4. The molecule has 4 rings (SSSR count). The van der Waals surface area contributed by atoms with Gasteiger partial charge in [-0.15, -0.1) is 0 Å². The van der Waals surface area contributed by atoms with Crippen molar-refractivity contribution in [2.24, 2.45) is 5.11 Å². The van der Waals surface area contributed by atoms with Crippen LogP contribution < -0.4 is 21.3 Å². The van der Waals surface area contributed by atoms with Gasteiger partial charge < -0.3 is 45.0 Å². The molecule has 0 aliphatic rings. The van der Waals surface area contributed by atoms with Gasteiger partial charge in [0.2, 0.25) is 17.7 Å². The first kappa shape index (κ1) is 46.1. The Labute approximate surface area is 345 Å². The van der Waals surface area contributed by atoms with Crippen LogP contribution in [0.1, 0.15) is 36.4 Å². The third-order valence-corrected chi connectivity index (χ3v) is 8.84. The summed E-state index contributed by atoms with van der Waals surface area (Å²) in [6.07, 6.45) is 2.53. The molecule has 0 radical (unpaired) electrons. The van der Waals surface area contributed by atoms with Gasteiger partial charge in [-0.05, 0) is 64.0 Å². The second-order valence-corrected chi connectivity index (χ2v) is 13.4. The number of amides is 3. The number of ether oxygens (including phenoxy) is 5. The number of nitrogens with zero attached hydrogens (tertiary/aromatic N) is 4. The number of pyridine rings is 1. The molecular weight excluding hydrogens is 757 g/mol. The fourth-order valence-corrected chi connectivity index (χ4v) is 5.89. The lowest BCUT2D eigenvalue weighted by molar-refractivity contribution is -0.127. The normalized spacial score (nSPS) is 11.4. The molecule has 0 bridgehead atoms. The van der Waals surface area contributed by atoms with E-state index < -0.39 is 11.9 Å². The van der Waals surface area contributed by atoms with Gasteiger partial charge in [-0.25, -0.2) is 4.98 Å². The monoisotopic (exact) mass is 812 g/mol. The summed E-state index contributed by atoms with van der Waals surface area (Å²) >= 11 is 0. The number of aromatic nitrogens is 1. The number of benzene rings is 3. The largest absolute Gasteiger partial charge is 0.379 e. The lowest BCUT2D eigenvalue weighted by Crippen LogP contribution is -2.40. The summed E-state index contributed by atoms with van der Waals surface area (Å²) in [5.74, 6) is -0.152. The van der Waals surface area contributed by atoms with Gasteiger partial charge in [0.15, 0.2) is 0 Å². The molecule has 1 heterocycles. The predicted molar refractivity (Wildman–Crippen MR) is 226 cm³/mol. The van der Waals surface area contributed by atoms with E-state index in [0.29, 0.717) is 79.0 Å². The average Bonchev–Trinajstić information content (AvgIpc) is 3.25. The standard InChI is InChI=1S/C43H56N8O8/c1-33-15-17-46-40(30-33)45-16-5-10-41(52)48-32-43(54)50-39(36-13-11-35(12-14-36)38-9-4-7-34-6-2-3-8-37(34)38)31-42(53)47-18-20-55-22-24-57-26-28-59-29-27-58-25-23-56-21-19-49-51-44/h2-4,6-9,11-15,17,30,39H,5,10,16,18-29,31-32H2,1H3,(H,45,46)(H,47,53)(H,48,52)(H,50,54)/t39-/m0/s1. The Bertz CT molecular complexity index is 1900. The SMILES string of the molecule is Cc1ccnc(NCCCC(=O)NCC(=O)N[C@@H](CC(=O)NCCOCCOCCOCCOCCOCCN=[N+]=[N-])c2ccc(-c3cccc4ccccc34)cc2)c1. The third kappa shape index (κ3) is 18.7. The van der Waals surface area contributed by atoms with Crippen molar-refractivity contribution in [3.8, 4) is 11.1 Å². The van der Waals surface area contributed by atoms with Crippen molar-refractivity contribution in [2.75, 3.05) is 97.6 Å². The molecule has 0 spiro atoms. The topological polar surface area (TPSA) is 207 Å². The van der Waals surface area contributed by atoms with Gasteiger partial charge in [0.05, 0.1) is 85.1 Å². The fraction of sp³-hybridized carbons (Fsp3) is 0.442. The summed E-state index contributed by atoms with van der Waals surface area (Å²) in [7, 11) is 0. The number of carbonyl (C=O) groups excluding carboxylic acids is 3. The van der Waals surface area contributed by atoms with E-state index in [1.54, 1.807) is 6.20 Å². The summed E-state index contributed by atoms with van der Waals surface area (Å²) in [4.78, 5) is 45.6. The summed E-state index contributed by atoms with van der Waals surface area (Å²) in [5, 5.41) is 17.4. The lowest BCUT2D eigenvalue weighted by Gasteiger charge is -2.20. The molecule has 0 aliphatic carbocycles. The number of azide groups is 1. The van der Waals surface area contributed by atoms with Crippen molar-refractivity contribution < 1.29 is 38.1 Å². The maximum atomic E-state index is 13.1. The van der Waals surface area contributed by atoms with Crippen LogP contribution in [0.25, 0.3) is 32.3 Å². The summed E-state index contributed by atoms with van der Waals surface area (Å²) < 4.78 is 27.2. The molecule has 16 nitrogen and oxygen atoms in total. The molecular formula is C43H56N8O8. The van der Waals surface area contributed by atoms with Crippen LogP contribution in [-0.4, -0.2) is 115 Å². The van der Waals surface area contributed by atoms with Gasteiger partial charge in [-0.2, -0.15) is 0 Å². The zero-order valence-electron chi connectivity index (χ0n) is 33.7. The van der Waals surface area contributed by atoms with E-state index in [9.17, 15) is 14.4 Å². The van der Waals surface area contributed by atoms with Gasteiger partial charge >= 0.3 is 0 Å². The predicted octanol–water partition coefficient (Wildman–Crippen LogP) is 5.28. The summed E-state index contributed by atoms with van der Waals surface area (Å²) in [6.45, 7) is 6.85. The van der Waals surface area contributed by atoms with Crippen LogP contribution in [0, 0.1) is 6.92 Å². The molecule has 3 amide bonds. The van der Waals surface area contributed by atoms with E-state index >= 15 is 0 Å². The van der Waals surface area contributed by atoms with Crippen molar-refractivity contribution in [3.05, 3.63) is 107 Å². The number of nitrogens with one attached hydrogen (secondary N) is 4.